The highest BCUT2D eigenvalue weighted by Crippen LogP contribution is 2.17. The molecule has 2 aromatic heterocycles. The summed E-state index contributed by atoms with van der Waals surface area (Å²) in [6, 6.07) is 6.33. The van der Waals surface area contributed by atoms with Gasteiger partial charge >= 0.3 is 0 Å². The number of piperidine rings is 1. The van der Waals surface area contributed by atoms with E-state index in [1.54, 1.807) is 6.20 Å². The van der Waals surface area contributed by atoms with Gasteiger partial charge in [0, 0.05) is 31.4 Å². The molecule has 3 rings (SSSR count). The van der Waals surface area contributed by atoms with Crippen LogP contribution in [0, 0.1) is 6.92 Å². The van der Waals surface area contributed by atoms with Crippen LogP contribution in [-0.4, -0.2) is 39.4 Å². The molecule has 2 aromatic rings. The fraction of sp³-hybridized carbons (Fsp3) is 0.500. The Bertz CT molecular complexity index is 534. The van der Waals surface area contributed by atoms with Gasteiger partial charge in [0.15, 0.2) is 5.76 Å². The molecular formula is C14H19N5O. The van der Waals surface area contributed by atoms with Gasteiger partial charge in [-0.1, -0.05) is 5.16 Å². The fourth-order valence-corrected chi connectivity index (χ4v) is 2.53. The van der Waals surface area contributed by atoms with Crippen LogP contribution < -0.4 is 5.32 Å². The summed E-state index contributed by atoms with van der Waals surface area (Å²) in [5.74, 6) is 1.81. The molecule has 1 N–H and O–H groups in total. The van der Waals surface area contributed by atoms with E-state index >= 15 is 0 Å². The fourth-order valence-electron chi connectivity index (χ4n) is 2.53. The lowest BCUT2D eigenvalue weighted by Crippen LogP contribution is -2.38. The van der Waals surface area contributed by atoms with E-state index < -0.39 is 0 Å². The molecule has 0 spiro atoms. The first-order valence-electron chi connectivity index (χ1n) is 6.98. The van der Waals surface area contributed by atoms with Crippen molar-refractivity contribution in [1.29, 1.82) is 0 Å². The molecule has 0 amide bonds. The summed E-state index contributed by atoms with van der Waals surface area (Å²) >= 11 is 0. The van der Waals surface area contributed by atoms with E-state index in [1.807, 2.05) is 25.1 Å². The Morgan fingerprint density at radius 1 is 1.40 bits per heavy atom. The molecule has 0 unspecified atom stereocenters. The minimum absolute atomic E-state index is 0.472. The Kier molecular flexibility index (Phi) is 3.92. The first-order chi connectivity index (χ1) is 9.79. The number of hydrogen-bond acceptors (Lipinski definition) is 6. The quantitative estimate of drug-likeness (QED) is 0.917. The van der Waals surface area contributed by atoms with Crippen LogP contribution >= 0.6 is 0 Å². The Morgan fingerprint density at radius 3 is 2.90 bits per heavy atom. The monoisotopic (exact) mass is 273 g/mol. The van der Waals surface area contributed by atoms with Gasteiger partial charge in [-0.25, -0.2) is 0 Å². The lowest BCUT2D eigenvalue weighted by atomic mass is 10.0. The predicted molar refractivity (Wildman–Crippen MR) is 75.2 cm³/mol. The summed E-state index contributed by atoms with van der Waals surface area (Å²) in [5.41, 5.74) is 0.944. The third-order valence-corrected chi connectivity index (χ3v) is 3.57. The standard InChI is InChI=1S/C14H19N5O/c1-11-9-13(20-18-11)10-19-7-4-12(5-8-19)16-14-3-2-6-15-17-14/h2-3,6,9,12H,4-5,7-8,10H2,1H3,(H,16,17). The summed E-state index contributed by atoms with van der Waals surface area (Å²) < 4.78 is 5.26. The maximum atomic E-state index is 5.26. The zero-order valence-electron chi connectivity index (χ0n) is 11.6. The van der Waals surface area contributed by atoms with E-state index in [0.29, 0.717) is 6.04 Å². The number of rotatable bonds is 4. The van der Waals surface area contributed by atoms with Crippen LogP contribution in [0.25, 0.3) is 0 Å². The molecule has 0 saturated carbocycles. The maximum Gasteiger partial charge on any atom is 0.150 e. The molecule has 3 heterocycles. The molecule has 20 heavy (non-hydrogen) atoms. The van der Waals surface area contributed by atoms with Crippen molar-refractivity contribution in [3.05, 3.63) is 35.9 Å². The lowest BCUT2D eigenvalue weighted by Gasteiger charge is -2.31. The number of likely N-dealkylation sites (tertiary alicyclic amines) is 1. The van der Waals surface area contributed by atoms with E-state index in [4.69, 9.17) is 4.52 Å². The van der Waals surface area contributed by atoms with Crippen molar-refractivity contribution in [2.24, 2.45) is 0 Å². The summed E-state index contributed by atoms with van der Waals surface area (Å²) in [5, 5.41) is 15.3. The van der Waals surface area contributed by atoms with Crippen molar-refractivity contribution in [2.75, 3.05) is 18.4 Å². The SMILES string of the molecule is Cc1cc(CN2CCC(Nc3cccnn3)CC2)on1. The van der Waals surface area contributed by atoms with Crippen molar-refractivity contribution < 1.29 is 4.52 Å². The second-order valence-electron chi connectivity index (χ2n) is 5.24. The van der Waals surface area contributed by atoms with Crippen LogP contribution in [-0.2, 0) is 6.54 Å². The van der Waals surface area contributed by atoms with E-state index in [-0.39, 0.29) is 0 Å². The van der Waals surface area contributed by atoms with Crippen molar-refractivity contribution in [2.45, 2.75) is 32.4 Å². The van der Waals surface area contributed by atoms with Crippen molar-refractivity contribution in [1.82, 2.24) is 20.3 Å². The topological polar surface area (TPSA) is 67.1 Å². The second kappa shape index (κ2) is 6.00. The van der Waals surface area contributed by atoms with Gasteiger partial charge in [-0.2, -0.15) is 5.10 Å². The maximum absolute atomic E-state index is 5.26. The summed E-state index contributed by atoms with van der Waals surface area (Å²) in [4.78, 5) is 2.40. The molecule has 1 fully saturated rings. The van der Waals surface area contributed by atoms with Crippen molar-refractivity contribution in [3.63, 3.8) is 0 Å². The van der Waals surface area contributed by atoms with Crippen LogP contribution in [0.3, 0.4) is 0 Å². The normalized spacial score (nSPS) is 17.2. The zero-order chi connectivity index (χ0) is 13.8. The molecular weight excluding hydrogens is 254 g/mol. The van der Waals surface area contributed by atoms with Gasteiger partial charge in [0.25, 0.3) is 0 Å². The summed E-state index contributed by atoms with van der Waals surface area (Å²) in [6.45, 7) is 4.90. The molecule has 0 radical (unpaired) electrons. The molecule has 6 nitrogen and oxygen atoms in total. The lowest BCUT2D eigenvalue weighted by molar-refractivity contribution is 0.189. The van der Waals surface area contributed by atoms with Crippen LogP contribution in [0.4, 0.5) is 5.82 Å². The number of hydrogen-bond donors (Lipinski definition) is 1. The van der Waals surface area contributed by atoms with Gasteiger partial charge in [-0.3, -0.25) is 4.90 Å². The highest BCUT2D eigenvalue weighted by Gasteiger charge is 2.20. The van der Waals surface area contributed by atoms with Gasteiger partial charge in [-0.05, 0) is 31.9 Å². The predicted octanol–water partition coefficient (Wildman–Crippen LogP) is 1.85. The van der Waals surface area contributed by atoms with E-state index in [1.165, 1.54) is 0 Å². The van der Waals surface area contributed by atoms with Gasteiger partial charge in [-0.15, -0.1) is 5.10 Å². The first kappa shape index (κ1) is 13.1. The molecule has 6 heteroatoms. The number of aromatic nitrogens is 3. The molecule has 106 valence electrons. The highest BCUT2D eigenvalue weighted by atomic mass is 16.5. The van der Waals surface area contributed by atoms with Crippen LogP contribution in [0.1, 0.15) is 24.3 Å². The largest absolute Gasteiger partial charge is 0.366 e. The third kappa shape index (κ3) is 3.33. The minimum Gasteiger partial charge on any atom is -0.366 e. The average molecular weight is 273 g/mol. The third-order valence-electron chi connectivity index (χ3n) is 3.57. The van der Waals surface area contributed by atoms with Gasteiger partial charge in [0.1, 0.15) is 5.82 Å². The van der Waals surface area contributed by atoms with Crippen LogP contribution in [0.2, 0.25) is 0 Å². The van der Waals surface area contributed by atoms with E-state index in [2.05, 4.69) is 25.6 Å². The number of nitrogens with zero attached hydrogens (tertiary/aromatic N) is 4. The second-order valence-corrected chi connectivity index (χ2v) is 5.24. The molecule has 1 aliphatic rings. The molecule has 0 aliphatic carbocycles. The Labute approximate surface area is 118 Å². The average Bonchev–Trinajstić information content (AvgIpc) is 2.88. The van der Waals surface area contributed by atoms with E-state index in [0.717, 1.165) is 49.7 Å². The number of nitrogens with one attached hydrogen (secondary N) is 1. The Hall–Kier alpha value is -1.95. The summed E-state index contributed by atoms with van der Waals surface area (Å²) in [6.07, 6.45) is 3.89. The minimum atomic E-state index is 0.472. The van der Waals surface area contributed by atoms with Crippen molar-refractivity contribution in [3.8, 4) is 0 Å². The molecule has 1 saturated heterocycles. The first-order valence-corrected chi connectivity index (χ1v) is 6.98. The molecule has 0 aromatic carbocycles. The van der Waals surface area contributed by atoms with Gasteiger partial charge in [0.05, 0.1) is 12.2 Å². The Morgan fingerprint density at radius 2 is 2.25 bits per heavy atom. The van der Waals surface area contributed by atoms with Crippen molar-refractivity contribution >= 4 is 5.82 Å². The molecule has 0 bridgehead atoms. The molecule has 0 atom stereocenters. The Balaban J connectivity index is 1.47. The van der Waals surface area contributed by atoms with Gasteiger partial charge in [0.2, 0.25) is 0 Å². The summed E-state index contributed by atoms with van der Waals surface area (Å²) in [7, 11) is 0. The highest BCUT2D eigenvalue weighted by molar-refractivity contribution is 5.33. The number of aryl methyl sites for hydroxylation is 1. The van der Waals surface area contributed by atoms with Crippen LogP contribution in [0.15, 0.2) is 28.9 Å². The smallest absolute Gasteiger partial charge is 0.150 e. The van der Waals surface area contributed by atoms with Gasteiger partial charge < -0.3 is 9.84 Å². The number of anilines is 1. The van der Waals surface area contributed by atoms with E-state index in [9.17, 15) is 0 Å². The zero-order valence-corrected chi connectivity index (χ0v) is 11.6. The molecule has 1 aliphatic heterocycles. The van der Waals surface area contributed by atoms with Crippen LogP contribution in [0.5, 0.6) is 0 Å².